The smallest absolute Gasteiger partial charge is 0.125 e. The van der Waals surface area contributed by atoms with Gasteiger partial charge in [0.05, 0.1) is 23.6 Å². The molecule has 0 atom stereocenters. The Kier molecular flexibility index (Phi) is 2.76. The zero-order chi connectivity index (χ0) is 11.5. The van der Waals surface area contributed by atoms with E-state index in [4.69, 9.17) is 5.73 Å². The van der Waals surface area contributed by atoms with E-state index in [1.54, 1.807) is 16.9 Å². The highest BCUT2D eigenvalue weighted by molar-refractivity contribution is 5.65. The highest BCUT2D eigenvalue weighted by Gasteiger charge is 2.02. The maximum absolute atomic E-state index is 13.0. The van der Waals surface area contributed by atoms with Crippen molar-refractivity contribution in [3.05, 3.63) is 42.0 Å². The SMILES string of the molecule is Cn1nccc1CNc1cc(F)ccc1N. The number of rotatable bonds is 3. The molecule has 0 aliphatic rings. The minimum Gasteiger partial charge on any atom is -0.397 e. The van der Waals surface area contributed by atoms with E-state index in [-0.39, 0.29) is 5.82 Å². The third-order valence-corrected chi connectivity index (χ3v) is 2.40. The summed E-state index contributed by atoms with van der Waals surface area (Å²) in [6.45, 7) is 0.560. The van der Waals surface area contributed by atoms with Gasteiger partial charge in [-0.25, -0.2) is 4.39 Å². The fourth-order valence-electron chi connectivity index (χ4n) is 1.44. The van der Waals surface area contributed by atoms with Crippen molar-refractivity contribution in [3.63, 3.8) is 0 Å². The molecule has 3 N–H and O–H groups in total. The lowest BCUT2D eigenvalue weighted by molar-refractivity contribution is 0.628. The summed E-state index contributed by atoms with van der Waals surface area (Å²) in [4.78, 5) is 0. The number of benzene rings is 1. The first-order valence-electron chi connectivity index (χ1n) is 4.92. The van der Waals surface area contributed by atoms with E-state index in [0.29, 0.717) is 17.9 Å². The number of aromatic nitrogens is 2. The van der Waals surface area contributed by atoms with Crippen LogP contribution in [0.3, 0.4) is 0 Å². The minimum atomic E-state index is -0.304. The Morgan fingerprint density at radius 1 is 1.44 bits per heavy atom. The Morgan fingerprint density at radius 2 is 2.25 bits per heavy atom. The first-order chi connectivity index (χ1) is 7.66. The Balaban J connectivity index is 2.10. The van der Waals surface area contributed by atoms with Crippen molar-refractivity contribution in [2.75, 3.05) is 11.1 Å². The zero-order valence-corrected chi connectivity index (χ0v) is 8.94. The molecule has 4 nitrogen and oxygen atoms in total. The van der Waals surface area contributed by atoms with E-state index in [9.17, 15) is 4.39 Å². The summed E-state index contributed by atoms with van der Waals surface area (Å²) in [5.74, 6) is -0.304. The van der Waals surface area contributed by atoms with Gasteiger partial charge < -0.3 is 11.1 Å². The Labute approximate surface area is 92.9 Å². The lowest BCUT2D eigenvalue weighted by atomic mass is 10.2. The molecule has 0 saturated heterocycles. The Hall–Kier alpha value is -2.04. The fraction of sp³-hybridized carbons (Fsp3) is 0.182. The van der Waals surface area contributed by atoms with Crippen LogP contribution in [0.2, 0.25) is 0 Å². The van der Waals surface area contributed by atoms with E-state index in [1.165, 1.54) is 12.1 Å². The first kappa shape index (κ1) is 10.5. The molecule has 0 aliphatic carbocycles. The molecule has 16 heavy (non-hydrogen) atoms. The molecule has 2 rings (SSSR count). The molecule has 2 aromatic rings. The number of aryl methyl sites for hydroxylation is 1. The van der Waals surface area contributed by atoms with Crippen LogP contribution in [0.1, 0.15) is 5.69 Å². The standard InChI is InChI=1S/C11H13FN4/c1-16-9(4-5-15-16)7-14-11-6-8(12)2-3-10(11)13/h2-6,14H,7,13H2,1H3. The van der Waals surface area contributed by atoms with Crippen molar-refractivity contribution in [1.29, 1.82) is 0 Å². The van der Waals surface area contributed by atoms with Crippen LogP contribution in [0, 0.1) is 5.82 Å². The van der Waals surface area contributed by atoms with Crippen molar-refractivity contribution in [2.45, 2.75) is 6.54 Å². The maximum atomic E-state index is 13.0. The number of halogens is 1. The number of hydrogen-bond acceptors (Lipinski definition) is 3. The summed E-state index contributed by atoms with van der Waals surface area (Å²) in [5, 5.41) is 7.11. The predicted molar refractivity (Wildman–Crippen MR) is 61.3 cm³/mol. The molecule has 84 valence electrons. The van der Waals surface area contributed by atoms with Crippen LogP contribution in [0.15, 0.2) is 30.5 Å². The highest BCUT2D eigenvalue weighted by atomic mass is 19.1. The normalized spacial score (nSPS) is 10.4. The average Bonchev–Trinajstić information content (AvgIpc) is 2.66. The summed E-state index contributed by atoms with van der Waals surface area (Å²) < 4.78 is 14.7. The second-order valence-corrected chi connectivity index (χ2v) is 3.53. The average molecular weight is 220 g/mol. The summed E-state index contributed by atoms with van der Waals surface area (Å²) in [7, 11) is 1.85. The number of nitrogens with two attached hydrogens (primary N) is 1. The van der Waals surface area contributed by atoms with Crippen LogP contribution in [-0.4, -0.2) is 9.78 Å². The molecule has 1 aromatic heterocycles. The van der Waals surface area contributed by atoms with Crippen molar-refractivity contribution in [1.82, 2.24) is 9.78 Å². The molecule has 1 heterocycles. The maximum Gasteiger partial charge on any atom is 0.125 e. The molecule has 0 radical (unpaired) electrons. The minimum absolute atomic E-state index is 0.304. The molecule has 0 spiro atoms. The van der Waals surface area contributed by atoms with Gasteiger partial charge >= 0.3 is 0 Å². The molecule has 0 amide bonds. The third kappa shape index (κ3) is 2.13. The van der Waals surface area contributed by atoms with Crippen LogP contribution in [0.4, 0.5) is 15.8 Å². The van der Waals surface area contributed by atoms with Crippen LogP contribution >= 0.6 is 0 Å². The third-order valence-electron chi connectivity index (χ3n) is 2.40. The van der Waals surface area contributed by atoms with Gasteiger partial charge in [0.25, 0.3) is 0 Å². The van der Waals surface area contributed by atoms with Gasteiger partial charge in [0.1, 0.15) is 5.82 Å². The quantitative estimate of drug-likeness (QED) is 0.775. The van der Waals surface area contributed by atoms with Gasteiger partial charge in [-0.15, -0.1) is 0 Å². The summed E-state index contributed by atoms with van der Waals surface area (Å²) in [6, 6.07) is 6.15. The number of hydrogen-bond donors (Lipinski definition) is 2. The number of nitrogens with zero attached hydrogens (tertiary/aromatic N) is 2. The van der Waals surface area contributed by atoms with Crippen molar-refractivity contribution < 1.29 is 4.39 Å². The van der Waals surface area contributed by atoms with Gasteiger partial charge in [-0.3, -0.25) is 4.68 Å². The second kappa shape index (κ2) is 4.22. The number of nitrogens with one attached hydrogen (secondary N) is 1. The molecule has 0 aliphatic heterocycles. The molecule has 0 saturated carbocycles. The van der Waals surface area contributed by atoms with E-state index >= 15 is 0 Å². The molecule has 5 heteroatoms. The van der Waals surface area contributed by atoms with Gasteiger partial charge in [0.15, 0.2) is 0 Å². The fourth-order valence-corrected chi connectivity index (χ4v) is 1.44. The molecule has 0 bridgehead atoms. The van der Waals surface area contributed by atoms with Gasteiger partial charge in [-0.2, -0.15) is 5.10 Å². The van der Waals surface area contributed by atoms with E-state index in [0.717, 1.165) is 5.69 Å². The Bertz CT molecular complexity index is 492. The van der Waals surface area contributed by atoms with E-state index in [2.05, 4.69) is 10.4 Å². The number of nitrogen functional groups attached to an aromatic ring is 1. The predicted octanol–water partition coefficient (Wildman–Crippen LogP) is 1.75. The van der Waals surface area contributed by atoms with E-state index < -0.39 is 0 Å². The summed E-state index contributed by atoms with van der Waals surface area (Å²) in [6.07, 6.45) is 1.71. The largest absolute Gasteiger partial charge is 0.397 e. The van der Waals surface area contributed by atoms with Crippen LogP contribution < -0.4 is 11.1 Å². The molecule has 1 aromatic carbocycles. The number of anilines is 2. The lowest BCUT2D eigenvalue weighted by Gasteiger charge is -2.09. The van der Waals surface area contributed by atoms with Gasteiger partial charge in [-0.1, -0.05) is 0 Å². The monoisotopic (exact) mass is 220 g/mol. The van der Waals surface area contributed by atoms with Gasteiger partial charge in [-0.05, 0) is 24.3 Å². The summed E-state index contributed by atoms with van der Waals surface area (Å²) >= 11 is 0. The van der Waals surface area contributed by atoms with Gasteiger partial charge in [0.2, 0.25) is 0 Å². The van der Waals surface area contributed by atoms with E-state index in [1.807, 2.05) is 13.1 Å². The van der Waals surface area contributed by atoms with Crippen LogP contribution in [-0.2, 0) is 13.6 Å². The van der Waals surface area contributed by atoms with Crippen LogP contribution in [0.25, 0.3) is 0 Å². The molecule has 0 fully saturated rings. The van der Waals surface area contributed by atoms with Crippen molar-refractivity contribution >= 4 is 11.4 Å². The Morgan fingerprint density at radius 3 is 2.94 bits per heavy atom. The highest BCUT2D eigenvalue weighted by Crippen LogP contribution is 2.19. The lowest BCUT2D eigenvalue weighted by Crippen LogP contribution is -2.07. The molecular weight excluding hydrogens is 207 g/mol. The van der Waals surface area contributed by atoms with Crippen molar-refractivity contribution in [2.24, 2.45) is 7.05 Å². The zero-order valence-electron chi connectivity index (χ0n) is 8.94. The van der Waals surface area contributed by atoms with Crippen LogP contribution in [0.5, 0.6) is 0 Å². The molecular formula is C11H13FN4. The first-order valence-corrected chi connectivity index (χ1v) is 4.92. The second-order valence-electron chi connectivity index (χ2n) is 3.53. The van der Waals surface area contributed by atoms with Crippen molar-refractivity contribution in [3.8, 4) is 0 Å². The van der Waals surface area contributed by atoms with Gasteiger partial charge in [0, 0.05) is 13.2 Å². The topological polar surface area (TPSA) is 55.9 Å². The molecule has 0 unspecified atom stereocenters. The summed E-state index contributed by atoms with van der Waals surface area (Å²) in [5.41, 5.74) is 7.85.